The van der Waals surface area contributed by atoms with Crippen LogP contribution in [0.4, 0.5) is 8.78 Å². The Bertz CT molecular complexity index is 776. The van der Waals surface area contributed by atoms with E-state index in [9.17, 15) is 18.7 Å². The second-order valence-electron chi connectivity index (χ2n) is 7.01. The van der Waals surface area contributed by atoms with Crippen molar-refractivity contribution in [2.24, 2.45) is 0 Å². The Balaban J connectivity index is 0.000000188. The number of halogens is 2. The largest absolute Gasteiger partial charge is 0.391 e. The first-order valence-corrected chi connectivity index (χ1v) is 9.53. The molecule has 150 valence electrons. The van der Waals surface area contributed by atoms with Gasteiger partial charge in [-0.1, -0.05) is 24.3 Å². The molecule has 2 aromatic rings. The molecule has 7 heteroatoms. The van der Waals surface area contributed by atoms with Crippen molar-refractivity contribution in [3.8, 4) is 0 Å². The number of nitrogens with zero attached hydrogens (tertiary/aromatic N) is 2. The zero-order chi connectivity index (χ0) is 19.9. The molecule has 0 spiro atoms. The van der Waals surface area contributed by atoms with Gasteiger partial charge >= 0.3 is 0 Å². The van der Waals surface area contributed by atoms with Gasteiger partial charge in [0.25, 0.3) is 12.3 Å². The Kier molecular flexibility index (Phi) is 7.06. The number of aliphatic hydroxyl groups is 1. The van der Waals surface area contributed by atoms with Crippen LogP contribution in [0.3, 0.4) is 0 Å². The molecular formula is C21H25F2N3O2. The van der Waals surface area contributed by atoms with Crippen LogP contribution < -0.4 is 5.32 Å². The number of aromatic nitrogens is 1. The lowest BCUT2D eigenvalue weighted by atomic mass is 10.0. The van der Waals surface area contributed by atoms with Crippen molar-refractivity contribution < 1.29 is 18.7 Å². The van der Waals surface area contributed by atoms with Crippen molar-refractivity contribution in [3.63, 3.8) is 0 Å². The number of alkyl halides is 2. The van der Waals surface area contributed by atoms with Crippen LogP contribution in [0.5, 0.6) is 0 Å². The normalized spacial score (nSPS) is 18.9. The van der Waals surface area contributed by atoms with E-state index < -0.39 is 18.2 Å². The maximum Gasteiger partial charge on any atom is 0.280 e. The number of aliphatic hydroxyl groups excluding tert-OH is 1. The minimum atomic E-state index is -2.69. The molecule has 1 aromatic carbocycles. The molecule has 1 saturated heterocycles. The second kappa shape index (κ2) is 9.71. The summed E-state index contributed by atoms with van der Waals surface area (Å²) in [5, 5.41) is 12.8. The minimum absolute atomic E-state index is 0.189. The lowest BCUT2D eigenvalue weighted by Gasteiger charge is -2.30. The van der Waals surface area contributed by atoms with E-state index in [1.807, 2.05) is 0 Å². The molecule has 2 aliphatic rings. The van der Waals surface area contributed by atoms with Crippen LogP contribution in [0, 0.1) is 0 Å². The van der Waals surface area contributed by atoms with Crippen molar-refractivity contribution in [1.82, 2.24) is 15.2 Å². The molecule has 3 heterocycles. The fourth-order valence-corrected chi connectivity index (χ4v) is 3.44. The zero-order valence-electron chi connectivity index (χ0n) is 15.7. The topological polar surface area (TPSA) is 65.5 Å². The first-order chi connectivity index (χ1) is 13.5. The molecule has 28 heavy (non-hydrogen) atoms. The molecule has 1 amide bonds. The molecule has 0 saturated carbocycles. The first kappa shape index (κ1) is 20.4. The molecule has 1 atom stereocenters. The number of pyridine rings is 1. The molecule has 4 rings (SSSR count). The number of hydrogen-bond acceptors (Lipinski definition) is 4. The molecule has 2 aliphatic heterocycles. The molecule has 5 nitrogen and oxygen atoms in total. The van der Waals surface area contributed by atoms with Gasteiger partial charge in [-0.2, -0.15) is 0 Å². The summed E-state index contributed by atoms with van der Waals surface area (Å²) in [5.74, 6) is -0.335. The van der Waals surface area contributed by atoms with Gasteiger partial charge in [0.1, 0.15) is 5.69 Å². The van der Waals surface area contributed by atoms with E-state index in [0.29, 0.717) is 13.0 Å². The highest BCUT2D eigenvalue weighted by Crippen LogP contribution is 2.19. The van der Waals surface area contributed by atoms with Crippen LogP contribution >= 0.6 is 0 Å². The smallest absolute Gasteiger partial charge is 0.280 e. The summed E-state index contributed by atoms with van der Waals surface area (Å²) in [5.41, 5.74) is 2.77. The molecule has 0 radical (unpaired) electrons. The number of rotatable bonds is 2. The highest BCUT2D eigenvalue weighted by Gasteiger charge is 2.23. The van der Waals surface area contributed by atoms with E-state index in [1.165, 1.54) is 34.7 Å². The molecule has 0 aliphatic carbocycles. The van der Waals surface area contributed by atoms with Gasteiger partial charge in [-0.3, -0.25) is 9.78 Å². The monoisotopic (exact) mass is 389 g/mol. The van der Waals surface area contributed by atoms with E-state index in [1.54, 1.807) is 0 Å². The van der Waals surface area contributed by atoms with Gasteiger partial charge in [-0.15, -0.1) is 0 Å². The fraction of sp³-hybridized carbons (Fsp3) is 0.429. The summed E-state index contributed by atoms with van der Waals surface area (Å²) in [7, 11) is 0. The zero-order valence-corrected chi connectivity index (χ0v) is 15.7. The van der Waals surface area contributed by atoms with Gasteiger partial charge in [0, 0.05) is 31.4 Å². The number of carbonyl (C=O) groups excluding carboxylic acids is 1. The summed E-state index contributed by atoms with van der Waals surface area (Å²) in [6.07, 6.45) is 0.566. The molecular weight excluding hydrogens is 364 g/mol. The predicted molar refractivity (Wildman–Crippen MR) is 102 cm³/mol. The van der Waals surface area contributed by atoms with E-state index >= 15 is 0 Å². The average Bonchev–Trinajstić information content (AvgIpc) is 2.74. The Morgan fingerprint density at radius 1 is 1.25 bits per heavy atom. The molecule has 1 fully saturated rings. The van der Waals surface area contributed by atoms with Gasteiger partial charge in [-0.05, 0) is 49.1 Å². The number of nitrogens with one attached hydrogen (secondary N) is 1. The van der Waals surface area contributed by atoms with Gasteiger partial charge < -0.3 is 15.3 Å². The first-order valence-electron chi connectivity index (χ1n) is 9.53. The van der Waals surface area contributed by atoms with Crippen LogP contribution in [0.15, 0.2) is 42.6 Å². The van der Waals surface area contributed by atoms with E-state index in [2.05, 4.69) is 34.6 Å². The molecule has 2 N–H and O–H groups in total. The van der Waals surface area contributed by atoms with Crippen molar-refractivity contribution in [2.45, 2.75) is 38.3 Å². The number of hydrogen-bond donors (Lipinski definition) is 2. The second-order valence-corrected chi connectivity index (χ2v) is 7.01. The van der Waals surface area contributed by atoms with E-state index in [0.717, 1.165) is 25.6 Å². The van der Waals surface area contributed by atoms with Gasteiger partial charge in [0.15, 0.2) is 0 Å². The van der Waals surface area contributed by atoms with Gasteiger partial charge in [0.05, 0.1) is 6.10 Å². The van der Waals surface area contributed by atoms with Crippen LogP contribution in [0.1, 0.15) is 46.4 Å². The number of carbonyl (C=O) groups is 1. The maximum absolute atomic E-state index is 12.5. The van der Waals surface area contributed by atoms with Crippen LogP contribution in [0.2, 0.25) is 0 Å². The third-order valence-electron chi connectivity index (χ3n) is 4.94. The van der Waals surface area contributed by atoms with Crippen LogP contribution in [-0.4, -0.2) is 46.6 Å². The van der Waals surface area contributed by atoms with E-state index in [4.69, 9.17) is 0 Å². The van der Waals surface area contributed by atoms with Gasteiger partial charge in [-0.25, -0.2) is 8.78 Å². The Morgan fingerprint density at radius 3 is 2.75 bits per heavy atom. The summed E-state index contributed by atoms with van der Waals surface area (Å²) in [4.78, 5) is 17.1. The summed E-state index contributed by atoms with van der Waals surface area (Å²) in [6, 6.07) is 11.1. The number of likely N-dealkylation sites (tertiary alicyclic amines) is 1. The van der Waals surface area contributed by atoms with Crippen LogP contribution in [-0.2, 0) is 13.0 Å². The number of fused-ring (bicyclic) bond motifs is 1. The van der Waals surface area contributed by atoms with Crippen molar-refractivity contribution in [3.05, 3.63) is 65.0 Å². The number of β-amino-alcohol motifs (C(OH)–C–C–N with tert-alkyl or cyclic N) is 1. The number of benzene rings is 1. The highest BCUT2D eigenvalue weighted by molar-refractivity contribution is 5.94. The Labute approximate surface area is 163 Å². The van der Waals surface area contributed by atoms with Crippen molar-refractivity contribution in [1.29, 1.82) is 0 Å². The summed E-state index contributed by atoms with van der Waals surface area (Å²) >= 11 is 0. The molecule has 0 bridgehead atoms. The Morgan fingerprint density at radius 2 is 2.04 bits per heavy atom. The van der Waals surface area contributed by atoms with Crippen molar-refractivity contribution in [2.75, 3.05) is 19.6 Å². The lowest BCUT2D eigenvalue weighted by Crippen LogP contribution is -2.42. The fourth-order valence-electron chi connectivity index (χ4n) is 3.44. The third-order valence-corrected chi connectivity index (χ3v) is 4.94. The third kappa shape index (κ3) is 5.33. The standard InChI is InChI=1S/C12H14F2N2O2.C9H11N/c13-11(14)10-6-8(3-4-15-10)12(18)16-5-1-2-9(17)7-16;1-2-4-9-7-10-6-5-8(9)3-1/h3-4,6,9,11,17H,1-2,5,7H2;1-4,10H,5-7H2. The van der Waals surface area contributed by atoms with Gasteiger partial charge in [0.2, 0.25) is 0 Å². The summed E-state index contributed by atoms with van der Waals surface area (Å²) < 4.78 is 25.0. The quantitative estimate of drug-likeness (QED) is 0.829. The molecule has 1 unspecified atom stereocenters. The van der Waals surface area contributed by atoms with E-state index in [-0.39, 0.29) is 18.0 Å². The lowest BCUT2D eigenvalue weighted by molar-refractivity contribution is 0.0473. The number of piperidine rings is 1. The Hall–Kier alpha value is -2.38. The minimum Gasteiger partial charge on any atom is -0.391 e. The average molecular weight is 389 g/mol. The predicted octanol–water partition coefficient (Wildman–Crippen LogP) is 2.95. The van der Waals surface area contributed by atoms with Crippen molar-refractivity contribution >= 4 is 5.91 Å². The maximum atomic E-state index is 12.5. The number of amides is 1. The summed E-state index contributed by atoms with van der Waals surface area (Å²) in [6.45, 7) is 2.99. The molecule has 1 aromatic heterocycles. The van der Waals surface area contributed by atoms with Crippen LogP contribution in [0.25, 0.3) is 0 Å². The highest BCUT2D eigenvalue weighted by atomic mass is 19.3. The SMILES string of the molecule is O=C(c1ccnc(C(F)F)c1)N1CCCC(O)C1.c1ccc2c(c1)CCNC2.